The van der Waals surface area contributed by atoms with Crippen molar-refractivity contribution in [3.63, 3.8) is 0 Å². The average molecular weight is 431 g/mol. The van der Waals surface area contributed by atoms with Crippen molar-refractivity contribution < 1.29 is 18.8 Å². The van der Waals surface area contributed by atoms with E-state index in [2.05, 4.69) is 5.32 Å². The van der Waals surface area contributed by atoms with Gasteiger partial charge in [-0.2, -0.15) is 0 Å². The van der Waals surface area contributed by atoms with Crippen LogP contribution in [-0.4, -0.2) is 41.2 Å². The van der Waals surface area contributed by atoms with Crippen molar-refractivity contribution in [2.24, 2.45) is 0 Å². The molecule has 0 bridgehead atoms. The number of hydrogen-bond acceptors (Lipinski definition) is 3. The summed E-state index contributed by atoms with van der Waals surface area (Å²) in [4.78, 5) is 41.7. The summed E-state index contributed by atoms with van der Waals surface area (Å²) in [5.41, 5.74) is 0.552. The van der Waals surface area contributed by atoms with E-state index in [9.17, 15) is 18.8 Å². The molecule has 1 fully saturated rings. The molecule has 7 heteroatoms. The number of hydrogen-bond donors (Lipinski definition) is 1. The Labute approximate surface area is 185 Å². The normalized spacial score (nSPS) is 14.9. The number of rotatable bonds is 6. The van der Waals surface area contributed by atoms with Crippen LogP contribution >= 0.6 is 0 Å². The zero-order chi connectivity index (χ0) is 22.7. The van der Waals surface area contributed by atoms with E-state index < -0.39 is 29.9 Å². The van der Waals surface area contributed by atoms with Crippen molar-refractivity contribution in [3.05, 3.63) is 107 Å². The highest BCUT2D eigenvalue weighted by Gasteiger charge is 2.54. The van der Waals surface area contributed by atoms with Crippen molar-refractivity contribution >= 4 is 17.8 Å². The zero-order valence-electron chi connectivity index (χ0n) is 17.5. The first kappa shape index (κ1) is 21.2. The van der Waals surface area contributed by atoms with Crippen LogP contribution in [0.2, 0.25) is 0 Å². The second-order valence-corrected chi connectivity index (χ2v) is 7.68. The average Bonchev–Trinajstić information content (AvgIpc) is 3.07. The minimum Gasteiger partial charge on any atom is -0.340 e. The Morgan fingerprint density at radius 2 is 1.44 bits per heavy atom. The lowest BCUT2D eigenvalue weighted by Gasteiger charge is -2.28. The molecule has 1 saturated heterocycles. The van der Waals surface area contributed by atoms with Gasteiger partial charge >= 0.3 is 6.03 Å². The summed E-state index contributed by atoms with van der Waals surface area (Å²) in [6.07, 6.45) is 0. The molecule has 0 unspecified atom stereocenters. The third-order valence-corrected chi connectivity index (χ3v) is 5.57. The first-order valence-corrected chi connectivity index (χ1v) is 10.2. The molecule has 1 N–H and O–H groups in total. The summed E-state index contributed by atoms with van der Waals surface area (Å²) < 4.78 is 13.1. The van der Waals surface area contributed by atoms with Gasteiger partial charge in [-0.05, 0) is 28.8 Å². The van der Waals surface area contributed by atoms with E-state index >= 15 is 0 Å². The molecule has 4 rings (SSSR count). The Kier molecular flexibility index (Phi) is 5.73. The number of carbonyl (C=O) groups excluding carboxylic acids is 3. The van der Waals surface area contributed by atoms with Crippen molar-refractivity contribution in [3.8, 4) is 0 Å². The van der Waals surface area contributed by atoms with Gasteiger partial charge in [0.1, 0.15) is 12.4 Å². The van der Waals surface area contributed by atoms with Gasteiger partial charge in [-0.15, -0.1) is 0 Å². The van der Waals surface area contributed by atoms with Crippen LogP contribution in [-0.2, 0) is 21.7 Å². The number of likely N-dealkylation sites (N-methyl/N-ethyl adjacent to an activating group) is 1. The predicted octanol–water partition coefficient (Wildman–Crippen LogP) is 3.28. The summed E-state index contributed by atoms with van der Waals surface area (Å²) in [7, 11) is 1.58. The molecule has 0 aliphatic carbocycles. The van der Waals surface area contributed by atoms with E-state index in [1.165, 1.54) is 17.0 Å². The van der Waals surface area contributed by atoms with Crippen LogP contribution in [0.5, 0.6) is 0 Å². The Hall–Kier alpha value is -4.00. The predicted molar refractivity (Wildman–Crippen MR) is 117 cm³/mol. The first-order chi connectivity index (χ1) is 15.4. The topological polar surface area (TPSA) is 69.7 Å². The molecule has 1 heterocycles. The lowest BCUT2D eigenvalue weighted by molar-refractivity contribution is -0.138. The molecule has 3 aromatic carbocycles. The summed E-state index contributed by atoms with van der Waals surface area (Å²) >= 11 is 0. The molecular weight excluding hydrogens is 409 g/mol. The maximum Gasteiger partial charge on any atom is 0.326 e. The lowest BCUT2D eigenvalue weighted by atomic mass is 9.82. The smallest absolute Gasteiger partial charge is 0.326 e. The third kappa shape index (κ3) is 3.85. The number of urea groups is 1. The quantitative estimate of drug-likeness (QED) is 0.609. The van der Waals surface area contributed by atoms with E-state index in [0.717, 1.165) is 10.5 Å². The summed E-state index contributed by atoms with van der Waals surface area (Å²) in [5, 5.41) is 2.83. The fraction of sp³-hybridized carbons (Fsp3) is 0.160. The number of benzene rings is 3. The molecular formula is C25H22FN3O3. The molecule has 32 heavy (non-hydrogen) atoms. The largest absolute Gasteiger partial charge is 0.340 e. The minimum atomic E-state index is -1.41. The molecule has 3 aromatic rings. The van der Waals surface area contributed by atoms with E-state index in [4.69, 9.17) is 0 Å². The molecule has 0 atom stereocenters. The molecule has 162 valence electrons. The molecule has 6 nitrogen and oxygen atoms in total. The van der Waals surface area contributed by atoms with Gasteiger partial charge in [0, 0.05) is 13.6 Å². The van der Waals surface area contributed by atoms with E-state index in [1.807, 2.05) is 12.1 Å². The molecule has 0 aromatic heterocycles. The van der Waals surface area contributed by atoms with Crippen molar-refractivity contribution in [2.45, 2.75) is 12.1 Å². The van der Waals surface area contributed by atoms with Crippen LogP contribution in [0.15, 0.2) is 84.9 Å². The van der Waals surface area contributed by atoms with Crippen LogP contribution in [0.4, 0.5) is 9.18 Å². The van der Waals surface area contributed by atoms with E-state index in [1.54, 1.807) is 67.7 Å². The van der Waals surface area contributed by atoms with Gasteiger partial charge < -0.3 is 10.2 Å². The van der Waals surface area contributed by atoms with Crippen LogP contribution in [0.1, 0.15) is 16.7 Å². The number of imide groups is 1. The number of amides is 4. The van der Waals surface area contributed by atoms with E-state index in [-0.39, 0.29) is 12.4 Å². The minimum absolute atomic E-state index is 0.227. The summed E-state index contributed by atoms with van der Waals surface area (Å²) in [5.74, 6) is -1.28. The van der Waals surface area contributed by atoms with Crippen molar-refractivity contribution in [1.29, 1.82) is 0 Å². The highest BCUT2D eigenvalue weighted by molar-refractivity contribution is 6.11. The van der Waals surface area contributed by atoms with Gasteiger partial charge in [0.15, 0.2) is 5.54 Å². The number of nitrogens with one attached hydrogen (secondary N) is 1. The highest BCUT2D eigenvalue weighted by atomic mass is 19.1. The first-order valence-electron chi connectivity index (χ1n) is 10.2. The van der Waals surface area contributed by atoms with Gasteiger partial charge in [0.2, 0.25) is 5.91 Å². The Balaban J connectivity index is 1.59. The summed E-state index contributed by atoms with van der Waals surface area (Å²) in [6, 6.07) is 23.1. The number of halogens is 1. The molecule has 0 spiro atoms. The fourth-order valence-electron chi connectivity index (χ4n) is 3.86. The Bertz CT molecular complexity index is 1090. The van der Waals surface area contributed by atoms with Crippen LogP contribution < -0.4 is 5.32 Å². The number of nitrogens with zero attached hydrogens (tertiary/aromatic N) is 2. The zero-order valence-corrected chi connectivity index (χ0v) is 17.5. The molecule has 4 amide bonds. The SMILES string of the molecule is CN(Cc1ccc(F)cc1)C(=O)CN1C(=O)NC(c2ccccc2)(c2ccccc2)C1=O. The molecule has 0 saturated carbocycles. The second kappa shape index (κ2) is 8.63. The third-order valence-electron chi connectivity index (χ3n) is 5.57. The van der Waals surface area contributed by atoms with Gasteiger partial charge in [0.05, 0.1) is 0 Å². The molecule has 1 aliphatic heterocycles. The second-order valence-electron chi connectivity index (χ2n) is 7.68. The van der Waals surface area contributed by atoms with Crippen LogP contribution in [0, 0.1) is 5.82 Å². The fourth-order valence-corrected chi connectivity index (χ4v) is 3.86. The maximum atomic E-state index is 13.6. The van der Waals surface area contributed by atoms with Gasteiger partial charge in [0.25, 0.3) is 5.91 Å². The monoisotopic (exact) mass is 431 g/mol. The van der Waals surface area contributed by atoms with Gasteiger partial charge in [-0.3, -0.25) is 14.5 Å². The Morgan fingerprint density at radius 3 is 1.97 bits per heavy atom. The standard InChI is InChI=1S/C25H22FN3O3/c1-28(16-18-12-14-21(26)15-13-18)22(30)17-29-23(31)25(27-24(29)32,19-8-4-2-5-9-19)20-10-6-3-7-11-20/h2-15H,16-17H2,1H3,(H,27,32). The number of carbonyl (C=O) groups is 3. The summed E-state index contributed by atoms with van der Waals surface area (Å²) in [6.45, 7) is -0.172. The van der Waals surface area contributed by atoms with Crippen LogP contribution in [0.25, 0.3) is 0 Å². The highest BCUT2D eigenvalue weighted by Crippen LogP contribution is 2.35. The Morgan fingerprint density at radius 1 is 0.906 bits per heavy atom. The van der Waals surface area contributed by atoms with Crippen LogP contribution in [0.3, 0.4) is 0 Å². The molecule has 1 aliphatic rings. The van der Waals surface area contributed by atoms with Crippen molar-refractivity contribution in [2.75, 3.05) is 13.6 Å². The van der Waals surface area contributed by atoms with E-state index in [0.29, 0.717) is 11.1 Å². The molecule has 0 radical (unpaired) electrons. The lowest BCUT2D eigenvalue weighted by Crippen LogP contribution is -2.46. The van der Waals surface area contributed by atoms with Gasteiger partial charge in [-0.1, -0.05) is 72.8 Å². The van der Waals surface area contributed by atoms with Gasteiger partial charge in [-0.25, -0.2) is 9.18 Å². The maximum absolute atomic E-state index is 13.6. The van der Waals surface area contributed by atoms with Crippen molar-refractivity contribution in [1.82, 2.24) is 15.1 Å².